The van der Waals surface area contributed by atoms with Crippen molar-refractivity contribution in [2.45, 2.75) is 18.9 Å². The first kappa shape index (κ1) is 12.8. The van der Waals surface area contributed by atoms with E-state index in [0.29, 0.717) is 12.6 Å². The predicted octanol–water partition coefficient (Wildman–Crippen LogP) is 0.234. The number of thioether (sulfide) groups is 1. The quantitative estimate of drug-likeness (QED) is 0.644. The van der Waals surface area contributed by atoms with Gasteiger partial charge in [-0.05, 0) is 19.1 Å². The lowest BCUT2D eigenvalue weighted by Crippen LogP contribution is -2.43. The maximum Gasteiger partial charge on any atom is 0.234 e. The number of nitrogens with one attached hydrogen (secondary N) is 2. The van der Waals surface area contributed by atoms with Crippen molar-refractivity contribution in [1.82, 2.24) is 10.6 Å². The van der Waals surface area contributed by atoms with Gasteiger partial charge < -0.3 is 15.4 Å². The van der Waals surface area contributed by atoms with Crippen LogP contribution in [0.1, 0.15) is 12.8 Å². The highest BCUT2D eigenvalue weighted by atomic mass is 32.2. The van der Waals surface area contributed by atoms with Gasteiger partial charge in [0.1, 0.15) is 0 Å². The van der Waals surface area contributed by atoms with Crippen LogP contribution in [0.4, 0.5) is 0 Å². The van der Waals surface area contributed by atoms with E-state index >= 15 is 0 Å². The maximum atomic E-state index is 11.5. The molecule has 88 valence electrons. The standard InChI is InChI=1S/C10H20N2O2S/c1-15-7-4-11-8-10(13)12-9-2-5-14-6-3-9/h9,11H,2-8H2,1H3,(H,12,13). The summed E-state index contributed by atoms with van der Waals surface area (Å²) in [5, 5.41) is 6.12. The van der Waals surface area contributed by atoms with Crippen LogP contribution in [-0.2, 0) is 9.53 Å². The smallest absolute Gasteiger partial charge is 0.234 e. The summed E-state index contributed by atoms with van der Waals surface area (Å²) >= 11 is 1.78. The topological polar surface area (TPSA) is 50.4 Å². The van der Waals surface area contributed by atoms with Crippen LogP contribution >= 0.6 is 11.8 Å². The summed E-state index contributed by atoms with van der Waals surface area (Å²) in [6.07, 6.45) is 3.94. The van der Waals surface area contributed by atoms with E-state index in [4.69, 9.17) is 4.74 Å². The third-order valence-corrected chi connectivity index (χ3v) is 2.97. The van der Waals surface area contributed by atoms with Crippen LogP contribution in [0.5, 0.6) is 0 Å². The molecule has 1 heterocycles. The van der Waals surface area contributed by atoms with Crippen LogP contribution in [0.25, 0.3) is 0 Å². The fraction of sp³-hybridized carbons (Fsp3) is 0.900. The summed E-state index contributed by atoms with van der Waals surface area (Å²) in [5.74, 6) is 1.15. The van der Waals surface area contributed by atoms with Crippen molar-refractivity contribution in [2.24, 2.45) is 0 Å². The molecule has 0 aliphatic carbocycles. The Balaban J connectivity index is 2.01. The van der Waals surface area contributed by atoms with Gasteiger partial charge in [0, 0.05) is 31.6 Å². The van der Waals surface area contributed by atoms with Crippen LogP contribution in [0.15, 0.2) is 0 Å². The highest BCUT2D eigenvalue weighted by Gasteiger charge is 2.15. The Morgan fingerprint density at radius 2 is 2.20 bits per heavy atom. The maximum absolute atomic E-state index is 11.5. The number of rotatable bonds is 6. The molecular weight excluding hydrogens is 212 g/mol. The Kier molecular flexibility index (Phi) is 6.80. The Labute approximate surface area is 95.5 Å². The Bertz CT molecular complexity index is 184. The fourth-order valence-corrected chi connectivity index (χ4v) is 1.85. The van der Waals surface area contributed by atoms with Crippen LogP contribution in [0.3, 0.4) is 0 Å². The molecular formula is C10H20N2O2S. The van der Waals surface area contributed by atoms with Gasteiger partial charge in [-0.3, -0.25) is 4.79 Å². The SMILES string of the molecule is CSCCNCC(=O)NC1CCOCC1. The molecule has 5 heteroatoms. The number of amides is 1. The molecule has 0 radical (unpaired) electrons. The van der Waals surface area contributed by atoms with Crippen LogP contribution in [0, 0.1) is 0 Å². The minimum absolute atomic E-state index is 0.100. The first-order chi connectivity index (χ1) is 7.33. The molecule has 2 N–H and O–H groups in total. The molecule has 1 rings (SSSR count). The molecule has 1 amide bonds. The summed E-state index contributed by atoms with van der Waals surface area (Å²) in [6, 6.07) is 0.314. The van der Waals surface area contributed by atoms with E-state index in [9.17, 15) is 4.79 Å². The Hall–Kier alpha value is -0.260. The van der Waals surface area contributed by atoms with Crippen LogP contribution < -0.4 is 10.6 Å². The second-order valence-corrected chi connectivity index (χ2v) is 4.61. The Morgan fingerprint density at radius 1 is 1.47 bits per heavy atom. The molecule has 1 fully saturated rings. The summed E-state index contributed by atoms with van der Waals surface area (Å²) in [4.78, 5) is 11.5. The molecule has 1 aliphatic rings. The molecule has 15 heavy (non-hydrogen) atoms. The largest absolute Gasteiger partial charge is 0.381 e. The van der Waals surface area contributed by atoms with E-state index in [2.05, 4.69) is 16.9 Å². The minimum atomic E-state index is 0.100. The molecule has 4 nitrogen and oxygen atoms in total. The molecule has 0 unspecified atom stereocenters. The van der Waals surface area contributed by atoms with E-state index in [1.807, 2.05) is 0 Å². The van der Waals surface area contributed by atoms with Crippen LogP contribution in [-0.4, -0.2) is 50.3 Å². The fourth-order valence-electron chi connectivity index (χ4n) is 1.50. The summed E-state index contributed by atoms with van der Waals surface area (Å²) in [7, 11) is 0. The average Bonchev–Trinajstić information content (AvgIpc) is 2.26. The van der Waals surface area contributed by atoms with Gasteiger partial charge in [-0.1, -0.05) is 0 Å². The summed E-state index contributed by atoms with van der Waals surface area (Å²) < 4.78 is 5.22. The van der Waals surface area contributed by atoms with Crippen molar-refractivity contribution in [3.8, 4) is 0 Å². The van der Waals surface area contributed by atoms with Gasteiger partial charge >= 0.3 is 0 Å². The zero-order valence-electron chi connectivity index (χ0n) is 9.25. The lowest BCUT2D eigenvalue weighted by molar-refractivity contribution is -0.121. The van der Waals surface area contributed by atoms with Gasteiger partial charge in [0.2, 0.25) is 5.91 Å². The van der Waals surface area contributed by atoms with Crippen molar-refractivity contribution in [2.75, 3.05) is 38.3 Å². The third-order valence-electron chi connectivity index (χ3n) is 2.35. The number of carbonyl (C=O) groups is 1. The van der Waals surface area contributed by atoms with Crippen molar-refractivity contribution in [3.05, 3.63) is 0 Å². The molecule has 1 saturated heterocycles. The zero-order valence-corrected chi connectivity index (χ0v) is 10.1. The van der Waals surface area contributed by atoms with Gasteiger partial charge in [0.15, 0.2) is 0 Å². The highest BCUT2D eigenvalue weighted by Crippen LogP contribution is 2.05. The van der Waals surface area contributed by atoms with Gasteiger partial charge in [0.25, 0.3) is 0 Å². The number of ether oxygens (including phenoxy) is 1. The van der Waals surface area contributed by atoms with Gasteiger partial charge in [-0.2, -0.15) is 11.8 Å². The van der Waals surface area contributed by atoms with E-state index in [1.165, 1.54) is 0 Å². The van der Waals surface area contributed by atoms with E-state index in [1.54, 1.807) is 11.8 Å². The van der Waals surface area contributed by atoms with Crippen molar-refractivity contribution >= 4 is 17.7 Å². The van der Waals surface area contributed by atoms with E-state index in [0.717, 1.165) is 38.4 Å². The second-order valence-electron chi connectivity index (χ2n) is 3.62. The molecule has 0 aromatic heterocycles. The highest BCUT2D eigenvalue weighted by molar-refractivity contribution is 7.98. The van der Waals surface area contributed by atoms with Gasteiger partial charge in [-0.25, -0.2) is 0 Å². The molecule has 0 saturated carbocycles. The summed E-state index contributed by atoms with van der Waals surface area (Å²) in [5.41, 5.74) is 0. The lowest BCUT2D eigenvalue weighted by atomic mass is 10.1. The Morgan fingerprint density at radius 3 is 2.87 bits per heavy atom. The van der Waals surface area contributed by atoms with Gasteiger partial charge in [-0.15, -0.1) is 0 Å². The van der Waals surface area contributed by atoms with Gasteiger partial charge in [0.05, 0.1) is 6.54 Å². The third kappa shape index (κ3) is 6.02. The molecule has 0 atom stereocenters. The number of carbonyl (C=O) groups excluding carboxylic acids is 1. The normalized spacial score (nSPS) is 17.7. The lowest BCUT2D eigenvalue weighted by Gasteiger charge is -2.23. The molecule has 0 aromatic carbocycles. The number of hydrogen-bond donors (Lipinski definition) is 2. The number of hydrogen-bond acceptors (Lipinski definition) is 4. The first-order valence-electron chi connectivity index (χ1n) is 5.39. The monoisotopic (exact) mass is 232 g/mol. The molecule has 0 spiro atoms. The average molecular weight is 232 g/mol. The summed E-state index contributed by atoms with van der Waals surface area (Å²) in [6.45, 7) is 2.86. The molecule has 0 bridgehead atoms. The molecule has 1 aliphatic heterocycles. The minimum Gasteiger partial charge on any atom is -0.381 e. The van der Waals surface area contributed by atoms with Crippen molar-refractivity contribution in [3.63, 3.8) is 0 Å². The zero-order chi connectivity index (χ0) is 10.9. The molecule has 0 aromatic rings. The van der Waals surface area contributed by atoms with Crippen molar-refractivity contribution < 1.29 is 9.53 Å². The second kappa shape index (κ2) is 7.96. The van der Waals surface area contributed by atoms with Crippen LogP contribution in [0.2, 0.25) is 0 Å². The van der Waals surface area contributed by atoms with E-state index < -0.39 is 0 Å². The predicted molar refractivity (Wildman–Crippen MR) is 63.2 cm³/mol. The first-order valence-corrected chi connectivity index (χ1v) is 6.79. The van der Waals surface area contributed by atoms with Crippen molar-refractivity contribution in [1.29, 1.82) is 0 Å². The van der Waals surface area contributed by atoms with E-state index in [-0.39, 0.29) is 5.91 Å².